The number of ether oxygens (including phenoxy) is 1. The molecule has 5 rings (SSSR count). The summed E-state index contributed by atoms with van der Waals surface area (Å²) in [6, 6.07) is 14.9. The number of carbonyl (C=O) groups is 2. The second-order valence-corrected chi connectivity index (χ2v) is 13.4. The Hall–Kier alpha value is -3.33. The fourth-order valence-electron chi connectivity index (χ4n) is 6.84. The Morgan fingerprint density at radius 2 is 1.88 bits per heavy atom. The number of nitrogens with two attached hydrogens (primary N) is 1. The number of nitrogens with one attached hydrogen (secondary N) is 3. The van der Waals surface area contributed by atoms with E-state index in [2.05, 4.69) is 36.7 Å². The van der Waals surface area contributed by atoms with Crippen LogP contribution in [0.4, 0.5) is 15.8 Å². The van der Waals surface area contributed by atoms with Gasteiger partial charge in [-0.15, -0.1) is 0 Å². The standard InChI is InChI=1S/C32H35Cl2FN4O3/c1-30(2,3)15-25-32(16-37-23-14-18(33)10-11-20(23)32)27(19-7-6-8-21(34)26(19)35)31(4,39-25)29(41)38-22-12-9-17(28(36)40)13-24(22)42-5/h6-14,25,27,37,39H,15-16H2,1-5H3,(H2,36,40)(H,38,41). The predicted molar refractivity (Wildman–Crippen MR) is 165 cm³/mol. The lowest BCUT2D eigenvalue weighted by Crippen LogP contribution is -2.53. The van der Waals surface area contributed by atoms with Crippen LogP contribution in [-0.4, -0.2) is 37.0 Å². The van der Waals surface area contributed by atoms with Gasteiger partial charge in [-0.2, -0.15) is 0 Å². The highest BCUT2D eigenvalue weighted by molar-refractivity contribution is 6.31. The fraction of sp³-hybridized carbons (Fsp3) is 0.375. The normalized spacial score (nSPS) is 24.8. The highest BCUT2D eigenvalue weighted by Crippen LogP contribution is 2.59. The second-order valence-electron chi connectivity index (χ2n) is 12.6. The van der Waals surface area contributed by atoms with Gasteiger partial charge in [0.1, 0.15) is 17.1 Å². The van der Waals surface area contributed by atoms with E-state index in [0.29, 0.717) is 29.2 Å². The van der Waals surface area contributed by atoms with Crippen LogP contribution in [-0.2, 0) is 10.2 Å². The predicted octanol–water partition coefficient (Wildman–Crippen LogP) is 6.49. The molecular formula is C32H35Cl2FN4O3. The lowest BCUT2D eigenvalue weighted by Gasteiger charge is -2.41. The van der Waals surface area contributed by atoms with Crippen LogP contribution in [0, 0.1) is 11.2 Å². The quantitative estimate of drug-likeness (QED) is 0.254. The number of rotatable bonds is 6. The third kappa shape index (κ3) is 4.99. The molecule has 1 spiro atoms. The first-order chi connectivity index (χ1) is 19.7. The average molecular weight is 614 g/mol. The van der Waals surface area contributed by atoms with Crippen LogP contribution in [0.3, 0.4) is 0 Å². The van der Waals surface area contributed by atoms with Crippen molar-refractivity contribution < 1.29 is 18.7 Å². The molecule has 0 aliphatic carbocycles. The van der Waals surface area contributed by atoms with Crippen LogP contribution in [0.15, 0.2) is 54.6 Å². The summed E-state index contributed by atoms with van der Waals surface area (Å²) >= 11 is 12.7. The zero-order valence-electron chi connectivity index (χ0n) is 24.2. The van der Waals surface area contributed by atoms with Crippen molar-refractivity contribution in [1.29, 1.82) is 0 Å². The Bertz CT molecular complexity index is 1580. The average Bonchev–Trinajstić information content (AvgIpc) is 3.40. The molecule has 0 saturated carbocycles. The third-order valence-corrected chi connectivity index (χ3v) is 9.08. The first kappa shape index (κ1) is 30.1. The van der Waals surface area contributed by atoms with Crippen molar-refractivity contribution in [3.8, 4) is 5.75 Å². The molecule has 2 heterocycles. The Morgan fingerprint density at radius 1 is 1.14 bits per heavy atom. The number of anilines is 2. The van der Waals surface area contributed by atoms with Gasteiger partial charge in [0.05, 0.1) is 17.8 Å². The number of primary amides is 1. The third-order valence-electron chi connectivity index (χ3n) is 8.56. The molecule has 1 saturated heterocycles. The first-order valence-corrected chi connectivity index (χ1v) is 14.5. The van der Waals surface area contributed by atoms with E-state index in [1.54, 1.807) is 25.1 Å². The van der Waals surface area contributed by atoms with E-state index in [1.807, 2.05) is 18.2 Å². The molecule has 10 heteroatoms. The van der Waals surface area contributed by atoms with Gasteiger partial charge in [-0.05, 0) is 66.3 Å². The summed E-state index contributed by atoms with van der Waals surface area (Å²) in [6.07, 6.45) is 0.689. The van der Waals surface area contributed by atoms with E-state index in [0.717, 1.165) is 11.3 Å². The van der Waals surface area contributed by atoms with Crippen molar-refractivity contribution in [3.63, 3.8) is 0 Å². The van der Waals surface area contributed by atoms with Crippen molar-refractivity contribution in [1.82, 2.24) is 5.32 Å². The molecule has 0 radical (unpaired) electrons. The van der Waals surface area contributed by atoms with E-state index < -0.39 is 34.5 Å². The summed E-state index contributed by atoms with van der Waals surface area (Å²) in [6.45, 7) is 8.68. The molecule has 2 amide bonds. The molecule has 4 unspecified atom stereocenters. The number of amides is 2. The minimum Gasteiger partial charge on any atom is -0.495 e. The minimum atomic E-state index is -1.32. The molecule has 3 aromatic carbocycles. The molecular weight excluding hydrogens is 578 g/mol. The van der Waals surface area contributed by atoms with Crippen molar-refractivity contribution in [2.45, 2.75) is 57.0 Å². The smallest absolute Gasteiger partial charge is 0.248 e. The monoisotopic (exact) mass is 612 g/mol. The lowest BCUT2D eigenvalue weighted by molar-refractivity contribution is -0.122. The molecule has 7 nitrogen and oxygen atoms in total. The SMILES string of the molecule is COc1cc(C(N)=O)ccc1NC(=O)C1(C)NC(CC(C)(C)C)C2(CNc3cc(Cl)ccc32)C1c1cccc(Cl)c1F. The van der Waals surface area contributed by atoms with Crippen molar-refractivity contribution >= 4 is 46.4 Å². The number of benzene rings is 3. The van der Waals surface area contributed by atoms with Crippen molar-refractivity contribution in [2.75, 3.05) is 24.3 Å². The summed E-state index contributed by atoms with van der Waals surface area (Å²) in [5.74, 6) is -1.99. The molecule has 0 bridgehead atoms. The van der Waals surface area contributed by atoms with E-state index in [9.17, 15) is 9.59 Å². The summed E-state index contributed by atoms with van der Waals surface area (Å²) in [5, 5.41) is 10.7. The maximum absolute atomic E-state index is 16.1. The Morgan fingerprint density at radius 3 is 2.55 bits per heavy atom. The van der Waals surface area contributed by atoms with E-state index in [1.165, 1.54) is 25.3 Å². The molecule has 1 fully saturated rings. The Labute approximate surface area is 255 Å². The topological polar surface area (TPSA) is 105 Å². The van der Waals surface area contributed by atoms with Crippen LogP contribution in [0.5, 0.6) is 5.75 Å². The highest BCUT2D eigenvalue weighted by Gasteiger charge is 2.66. The van der Waals surface area contributed by atoms with Gasteiger partial charge in [0, 0.05) is 40.2 Å². The van der Waals surface area contributed by atoms with Gasteiger partial charge in [-0.1, -0.05) is 62.2 Å². The van der Waals surface area contributed by atoms with Crippen LogP contribution in [0.2, 0.25) is 10.0 Å². The van der Waals surface area contributed by atoms with Gasteiger partial charge >= 0.3 is 0 Å². The van der Waals surface area contributed by atoms with E-state index >= 15 is 4.39 Å². The zero-order valence-corrected chi connectivity index (χ0v) is 25.7. The van der Waals surface area contributed by atoms with E-state index in [-0.39, 0.29) is 27.8 Å². The molecule has 0 aromatic heterocycles. The zero-order chi connectivity index (χ0) is 30.6. The number of methoxy groups -OCH3 is 1. The van der Waals surface area contributed by atoms with E-state index in [4.69, 9.17) is 33.7 Å². The van der Waals surface area contributed by atoms with Gasteiger partial charge < -0.3 is 21.1 Å². The second kappa shape index (κ2) is 10.7. The number of fused-ring (bicyclic) bond motifs is 2. The lowest BCUT2D eigenvalue weighted by atomic mass is 9.60. The Kier molecular flexibility index (Phi) is 7.71. The number of hydrogen-bond acceptors (Lipinski definition) is 5. The maximum Gasteiger partial charge on any atom is 0.248 e. The van der Waals surface area contributed by atoms with Gasteiger partial charge in [-0.3, -0.25) is 14.9 Å². The molecule has 2 aliphatic rings. The summed E-state index contributed by atoms with van der Waals surface area (Å²) in [7, 11) is 1.44. The number of halogens is 3. The molecule has 5 N–H and O–H groups in total. The molecule has 42 heavy (non-hydrogen) atoms. The van der Waals surface area contributed by atoms with Gasteiger partial charge in [-0.25, -0.2) is 4.39 Å². The molecule has 4 atom stereocenters. The fourth-order valence-corrected chi connectivity index (χ4v) is 7.19. The van der Waals surface area contributed by atoms with Crippen LogP contribution in [0.25, 0.3) is 0 Å². The maximum atomic E-state index is 16.1. The summed E-state index contributed by atoms with van der Waals surface area (Å²) in [5.41, 5.74) is 5.99. The van der Waals surface area contributed by atoms with Gasteiger partial charge in [0.15, 0.2) is 0 Å². The van der Waals surface area contributed by atoms with Crippen molar-refractivity contribution in [3.05, 3.63) is 87.2 Å². The molecule has 3 aromatic rings. The Balaban J connectivity index is 1.71. The minimum absolute atomic E-state index is 0.0179. The molecule has 2 aliphatic heterocycles. The number of hydrogen-bond donors (Lipinski definition) is 4. The van der Waals surface area contributed by atoms with Crippen molar-refractivity contribution in [2.24, 2.45) is 11.1 Å². The summed E-state index contributed by atoms with van der Waals surface area (Å²) in [4.78, 5) is 26.2. The van der Waals surface area contributed by atoms with Gasteiger partial charge in [0.2, 0.25) is 11.8 Å². The highest BCUT2D eigenvalue weighted by atomic mass is 35.5. The van der Waals surface area contributed by atoms with Crippen LogP contribution in [0.1, 0.15) is 61.5 Å². The largest absolute Gasteiger partial charge is 0.495 e. The van der Waals surface area contributed by atoms with Crippen LogP contribution < -0.4 is 26.4 Å². The number of carbonyl (C=O) groups excluding carboxylic acids is 2. The van der Waals surface area contributed by atoms with Crippen LogP contribution >= 0.6 is 23.2 Å². The molecule has 222 valence electrons. The summed E-state index contributed by atoms with van der Waals surface area (Å²) < 4.78 is 21.5. The first-order valence-electron chi connectivity index (χ1n) is 13.8. The van der Waals surface area contributed by atoms with Gasteiger partial charge in [0.25, 0.3) is 0 Å².